The van der Waals surface area contributed by atoms with Crippen LogP contribution < -0.4 is 15.8 Å². The molecule has 0 aliphatic heterocycles. The van der Waals surface area contributed by atoms with Crippen LogP contribution >= 0.6 is 12.4 Å². The van der Waals surface area contributed by atoms with E-state index < -0.39 is 23.8 Å². The highest BCUT2D eigenvalue weighted by Gasteiger charge is 2.34. The van der Waals surface area contributed by atoms with Crippen LogP contribution in [0.2, 0.25) is 0 Å². The minimum atomic E-state index is -4.50. The second-order valence-electron chi connectivity index (χ2n) is 6.01. The Bertz CT molecular complexity index is 726. The average molecular weight is 403 g/mol. The number of hydrogen-bond donors (Lipinski definition) is 2. The molecule has 0 saturated carbocycles. The number of para-hydroxylation sites is 1. The Kier molecular flexibility index (Phi) is 8.59. The molecule has 27 heavy (non-hydrogen) atoms. The average Bonchev–Trinajstić information content (AvgIpc) is 2.60. The van der Waals surface area contributed by atoms with Crippen LogP contribution in [-0.4, -0.2) is 24.6 Å². The van der Waals surface area contributed by atoms with E-state index in [2.05, 4.69) is 5.32 Å². The van der Waals surface area contributed by atoms with Gasteiger partial charge in [-0.25, -0.2) is 0 Å². The van der Waals surface area contributed by atoms with Crippen LogP contribution in [-0.2, 0) is 17.4 Å². The first kappa shape index (κ1) is 22.8. The summed E-state index contributed by atoms with van der Waals surface area (Å²) in [5.74, 6) is -0.649. The van der Waals surface area contributed by atoms with Crippen LogP contribution in [0.25, 0.3) is 0 Å². The van der Waals surface area contributed by atoms with Gasteiger partial charge < -0.3 is 15.8 Å². The van der Waals surface area contributed by atoms with E-state index in [1.165, 1.54) is 18.2 Å². The summed E-state index contributed by atoms with van der Waals surface area (Å²) in [6, 6.07) is 13.0. The number of carbonyl (C=O) groups is 1. The summed E-state index contributed by atoms with van der Waals surface area (Å²) in [5.41, 5.74) is 5.97. The van der Waals surface area contributed by atoms with E-state index in [1.54, 1.807) is 6.92 Å². The van der Waals surface area contributed by atoms with Gasteiger partial charge >= 0.3 is 6.18 Å². The summed E-state index contributed by atoms with van der Waals surface area (Å²) < 4.78 is 44.0. The molecule has 2 aromatic carbocycles. The Balaban J connectivity index is 0.00000364. The molecule has 0 fully saturated rings. The molecule has 2 atom stereocenters. The zero-order chi connectivity index (χ0) is 19.2. The highest BCUT2D eigenvalue weighted by Crippen LogP contribution is 2.35. The highest BCUT2D eigenvalue weighted by molar-refractivity contribution is 5.85. The van der Waals surface area contributed by atoms with E-state index in [0.717, 1.165) is 11.6 Å². The lowest BCUT2D eigenvalue weighted by Gasteiger charge is -2.19. The molecule has 2 aromatic rings. The third-order valence-corrected chi connectivity index (χ3v) is 3.71. The Morgan fingerprint density at radius 1 is 1.11 bits per heavy atom. The van der Waals surface area contributed by atoms with Gasteiger partial charge in [0.2, 0.25) is 5.91 Å². The Hall–Kier alpha value is -2.25. The van der Waals surface area contributed by atoms with Crippen molar-refractivity contribution in [3.05, 3.63) is 65.7 Å². The third kappa shape index (κ3) is 7.11. The molecule has 0 spiro atoms. The number of nitrogens with two attached hydrogens (primary N) is 1. The van der Waals surface area contributed by atoms with Crippen molar-refractivity contribution >= 4 is 18.3 Å². The SMILES string of the molecule is CC(COc1ccccc1C(F)(F)F)NC(=O)[C@@H](N)Cc1ccccc1.Cl. The van der Waals surface area contributed by atoms with E-state index in [0.29, 0.717) is 6.42 Å². The summed E-state index contributed by atoms with van der Waals surface area (Å²) in [6.45, 7) is 1.54. The summed E-state index contributed by atoms with van der Waals surface area (Å²) in [7, 11) is 0. The minimum Gasteiger partial charge on any atom is -0.491 e. The van der Waals surface area contributed by atoms with E-state index in [-0.39, 0.29) is 30.7 Å². The largest absolute Gasteiger partial charge is 0.491 e. The van der Waals surface area contributed by atoms with Gasteiger partial charge in [-0.15, -0.1) is 12.4 Å². The predicted molar refractivity (Wildman–Crippen MR) is 99.9 cm³/mol. The third-order valence-electron chi connectivity index (χ3n) is 3.71. The van der Waals surface area contributed by atoms with Crippen LogP contribution in [0.1, 0.15) is 18.1 Å². The molecular weight excluding hydrogens is 381 g/mol. The Morgan fingerprint density at radius 2 is 1.70 bits per heavy atom. The topological polar surface area (TPSA) is 64.3 Å². The fourth-order valence-electron chi connectivity index (χ4n) is 2.39. The van der Waals surface area contributed by atoms with Crippen LogP contribution in [0.3, 0.4) is 0 Å². The van der Waals surface area contributed by atoms with Gasteiger partial charge in [-0.1, -0.05) is 42.5 Å². The lowest BCUT2D eigenvalue weighted by atomic mass is 10.1. The monoisotopic (exact) mass is 402 g/mol. The van der Waals surface area contributed by atoms with Crippen molar-refractivity contribution in [1.82, 2.24) is 5.32 Å². The van der Waals surface area contributed by atoms with Crippen molar-refractivity contribution in [3.63, 3.8) is 0 Å². The molecule has 0 saturated heterocycles. The smallest absolute Gasteiger partial charge is 0.419 e. The predicted octanol–water partition coefficient (Wildman–Crippen LogP) is 3.58. The lowest BCUT2D eigenvalue weighted by Crippen LogP contribution is -2.47. The van der Waals surface area contributed by atoms with Crippen LogP contribution in [0.5, 0.6) is 5.75 Å². The fourth-order valence-corrected chi connectivity index (χ4v) is 2.39. The van der Waals surface area contributed by atoms with Gasteiger partial charge in [0.25, 0.3) is 0 Å². The Morgan fingerprint density at radius 3 is 2.33 bits per heavy atom. The van der Waals surface area contributed by atoms with Crippen molar-refractivity contribution in [1.29, 1.82) is 0 Å². The number of halogens is 4. The first-order valence-electron chi connectivity index (χ1n) is 8.16. The first-order valence-corrected chi connectivity index (χ1v) is 8.16. The van der Waals surface area contributed by atoms with Gasteiger partial charge in [0.05, 0.1) is 17.6 Å². The first-order chi connectivity index (χ1) is 12.3. The van der Waals surface area contributed by atoms with E-state index in [9.17, 15) is 18.0 Å². The molecule has 0 aromatic heterocycles. The maximum absolute atomic E-state index is 12.9. The molecule has 0 bridgehead atoms. The number of ether oxygens (including phenoxy) is 1. The number of alkyl halides is 3. The van der Waals surface area contributed by atoms with Gasteiger partial charge in [0, 0.05) is 0 Å². The second kappa shape index (κ2) is 10.2. The van der Waals surface area contributed by atoms with Gasteiger partial charge in [-0.05, 0) is 31.0 Å². The van der Waals surface area contributed by atoms with E-state index >= 15 is 0 Å². The zero-order valence-corrected chi connectivity index (χ0v) is 15.5. The van der Waals surface area contributed by atoms with E-state index in [1.807, 2.05) is 30.3 Å². The van der Waals surface area contributed by atoms with Gasteiger partial charge in [0.15, 0.2) is 0 Å². The molecule has 2 rings (SSSR count). The van der Waals surface area contributed by atoms with Crippen LogP contribution in [0, 0.1) is 0 Å². The summed E-state index contributed by atoms with van der Waals surface area (Å²) in [4.78, 5) is 12.1. The molecule has 8 heteroatoms. The normalized spacial score (nSPS) is 13.2. The van der Waals surface area contributed by atoms with Crippen molar-refractivity contribution < 1.29 is 22.7 Å². The molecule has 1 amide bonds. The molecule has 1 unspecified atom stereocenters. The highest BCUT2D eigenvalue weighted by atomic mass is 35.5. The van der Waals surface area contributed by atoms with Gasteiger partial charge in [-0.3, -0.25) is 4.79 Å². The lowest BCUT2D eigenvalue weighted by molar-refractivity contribution is -0.139. The number of hydrogen-bond acceptors (Lipinski definition) is 3. The summed E-state index contributed by atoms with van der Waals surface area (Å²) >= 11 is 0. The standard InChI is InChI=1S/C19H21F3N2O2.ClH/c1-13(12-26-17-10-6-5-9-15(17)19(20,21)22)24-18(25)16(23)11-14-7-3-2-4-8-14;/h2-10,13,16H,11-12,23H2,1H3,(H,24,25);1H/t13?,16-;/m0./s1. The second-order valence-corrected chi connectivity index (χ2v) is 6.01. The van der Waals surface area contributed by atoms with Crippen molar-refractivity contribution in [2.45, 2.75) is 31.6 Å². The molecular formula is C19H22ClF3N2O2. The van der Waals surface area contributed by atoms with Crippen LogP contribution in [0.4, 0.5) is 13.2 Å². The molecule has 0 radical (unpaired) electrons. The molecule has 0 aliphatic carbocycles. The van der Waals surface area contributed by atoms with Gasteiger partial charge in [0.1, 0.15) is 12.4 Å². The number of nitrogens with one attached hydrogen (secondary N) is 1. The molecule has 0 aliphatic rings. The Labute approximate surface area is 162 Å². The van der Waals surface area contributed by atoms with E-state index in [4.69, 9.17) is 10.5 Å². The van der Waals surface area contributed by atoms with Crippen molar-refractivity contribution in [2.24, 2.45) is 5.73 Å². The fraction of sp³-hybridized carbons (Fsp3) is 0.316. The summed E-state index contributed by atoms with van der Waals surface area (Å²) in [6.07, 6.45) is -4.13. The number of amides is 1. The maximum atomic E-state index is 12.9. The summed E-state index contributed by atoms with van der Waals surface area (Å²) in [5, 5.41) is 2.66. The van der Waals surface area contributed by atoms with Crippen LogP contribution in [0.15, 0.2) is 54.6 Å². The van der Waals surface area contributed by atoms with Gasteiger partial charge in [-0.2, -0.15) is 13.2 Å². The number of carbonyl (C=O) groups excluding carboxylic acids is 1. The molecule has 4 nitrogen and oxygen atoms in total. The zero-order valence-electron chi connectivity index (χ0n) is 14.7. The van der Waals surface area contributed by atoms with Crippen molar-refractivity contribution in [3.8, 4) is 5.75 Å². The number of rotatable bonds is 7. The molecule has 148 valence electrons. The molecule has 0 heterocycles. The quantitative estimate of drug-likeness (QED) is 0.744. The number of benzene rings is 2. The maximum Gasteiger partial charge on any atom is 0.419 e. The van der Waals surface area contributed by atoms with Crippen molar-refractivity contribution in [2.75, 3.05) is 6.61 Å². The molecule has 3 N–H and O–H groups in total. The minimum absolute atomic E-state index is 0.